The molecule has 0 aliphatic heterocycles. The molecule has 0 spiro atoms. The molecule has 2 heteroatoms. The molecule has 1 aromatic rings. The first kappa shape index (κ1) is 15.4. The van der Waals surface area contributed by atoms with E-state index < -0.39 is 0 Å². The van der Waals surface area contributed by atoms with Gasteiger partial charge in [-0.15, -0.1) is 0 Å². The van der Waals surface area contributed by atoms with Crippen LogP contribution in [-0.2, 0) is 6.42 Å². The molecule has 2 unspecified atom stereocenters. The zero-order chi connectivity index (χ0) is 14.5. The van der Waals surface area contributed by atoms with Crippen molar-refractivity contribution in [2.75, 3.05) is 6.54 Å². The topological polar surface area (TPSA) is 12.0 Å². The number of aryl methyl sites for hydroxylation is 1. The lowest BCUT2D eigenvalue weighted by atomic mass is 9.87. The molecule has 0 bridgehead atoms. The zero-order valence-electron chi connectivity index (χ0n) is 13.3. The molecule has 116 valence electrons. The van der Waals surface area contributed by atoms with Crippen LogP contribution < -0.4 is 5.32 Å². The first-order valence-corrected chi connectivity index (χ1v) is 9.79. The molecule has 21 heavy (non-hydrogen) atoms. The van der Waals surface area contributed by atoms with E-state index in [9.17, 15) is 0 Å². The number of nitrogens with one attached hydrogen (secondary N) is 1. The van der Waals surface area contributed by atoms with Crippen LogP contribution in [0.5, 0.6) is 0 Å². The molecule has 1 fully saturated rings. The van der Waals surface area contributed by atoms with E-state index in [2.05, 4.69) is 48.3 Å². The van der Waals surface area contributed by atoms with Gasteiger partial charge in [-0.3, -0.25) is 0 Å². The molecule has 0 amide bonds. The van der Waals surface area contributed by atoms with Gasteiger partial charge < -0.3 is 5.32 Å². The summed E-state index contributed by atoms with van der Waals surface area (Å²) in [7, 11) is 0. The van der Waals surface area contributed by atoms with Gasteiger partial charge in [-0.2, -0.15) is 11.8 Å². The second kappa shape index (κ2) is 7.69. The summed E-state index contributed by atoms with van der Waals surface area (Å²) in [5, 5.41) is 5.54. The fraction of sp³-hybridized carbons (Fsp3) is 0.684. The maximum atomic E-state index is 3.85. The quantitative estimate of drug-likeness (QED) is 0.811. The normalized spacial score (nSPS) is 26.5. The summed E-state index contributed by atoms with van der Waals surface area (Å²) in [6.07, 6.45) is 11.1. The minimum absolute atomic E-state index is 0.571. The Morgan fingerprint density at radius 3 is 2.71 bits per heavy atom. The van der Waals surface area contributed by atoms with E-state index in [1.165, 1.54) is 51.4 Å². The highest BCUT2D eigenvalue weighted by Crippen LogP contribution is 2.41. The molecule has 1 saturated carbocycles. The van der Waals surface area contributed by atoms with Gasteiger partial charge in [-0.1, -0.05) is 50.5 Å². The van der Waals surface area contributed by atoms with E-state index >= 15 is 0 Å². The smallest absolute Gasteiger partial charge is 0.0443 e. The van der Waals surface area contributed by atoms with Crippen LogP contribution in [0.3, 0.4) is 0 Å². The lowest BCUT2D eigenvalue weighted by Gasteiger charge is -2.37. The number of thioether (sulfide) groups is 1. The molecule has 2 aliphatic carbocycles. The van der Waals surface area contributed by atoms with Gasteiger partial charge in [0, 0.05) is 16.5 Å². The minimum Gasteiger partial charge on any atom is -0.309 e. The molecular weight excluding hydrogens is 274 g/mol. The molecule has 0 saturated heterocycles. The van der Waals surface area contributed by atoms with Crippen LogP contribution >= 0.6 is 11.8 Å². The fourth-order valence-corrected chi connectivity index (χ4v) is 5.62. The summed E-state index contributed by atoms with van der Waals surface area (Å²) in [5.74, 6) is 0. The average molecular weight is 304 g/mol. The molecule has 1 nitrogen and oxygen atoms in total. The van der Waals surface area contributed by atoms with Crippen molar-refractivity contribution in [1.82, 2.24) is 5.32 Å². The van der Waals surface area contributed by atoms with Gasteiger partial charge in [0.1, 0.15) is 0 Å². The van der Waals surface area contributed by atoms with Crippen LogP contribution in [0.4, 0.5) is 0 Å². The largest absolute Gasteiger partial charge is 0.309 e. The summed E-state index contributed by atoms with van der Waals surface area (Å²) >= 11 is 2.30. The van der Waals surface area contributed by atoms with E-state index in [-0.39, 0.29) is 0 Å². The SMILES string of the molecule is CCCNC1c2ccccc2CCC1SC1CCCCC1. The number of fused-ring (bicyclic) bond motifs is 1. The Kier molecular flexibility index (Phi) is 5.65. The minimum atomic E-state index is 0.571. The van der Waals surface area contributed by atoms with Gasteiger partial charge in [-0.05, 0) is 49.8 Å². The number of hydrogen-bond donors (Lipinski definition) is 1. The highest BCUT2D eigenvalue weighted by Gasteiger charge is 2.31. The molecule has 2 atom stereocenters. The first-order chi connectivity index (χ1) is 10.4. The van der Waals surface area contributed by atoms with Crippen molar-refractivity contribution in [1.29, 1.82) is 0 Å². The monoisotopic (exact) mass is 303 g/mol. The van der Waals surface area contributed by atoms with Crippen LogP contribution in [0, 0.1) is 0 Å². The van der Waals surface area contributed by atoms with E-state index in [4.69, 9.17) is 0 Å². The van der Waals surface area contributed by atoms with Gasteiger partial charge in [0.2, 0.25) is 0 Å². The van der Waals surface area contributed by atoms with Gasteiger partial charge >= 0.3 is 0 Å². The predicted molar refractivity (Wildman–Crippen MR) is 94.0 cm³/mol. The van der Waals surface area contributed by atoms with Crippen LogP contribution in [0.2, 0.25) is 0 Å². The molecule has 3 rings (SSSR count). The van der Waals surface area contributed by atoms with Crippen molar-refractivity contribution in [3.05, 3.63) is 35.4 Å². The Morgan fingerprint density at radius 2 is 1.90 bits per heavy atom. The zero-order valence-corrected chi connectivity index (χ0v) is 14.1. The van der Waals surface area contributed by atoms with E-state index in [1.807, 2.05) is 0 Å². The third-order valence-corrected chi connectivity index (χ3v) is 6.71. The van der Waals surface area contributed by atoms with Crippen molar-refractivity contribution in [3.8, 4) is 0 Å². The Bertz CT molecular complexity index is 439. The summed E-state index contributed by atoms with van der Waals surface area (Å²) in [6.45, 7) is 3.41. The average Bonchev–Trinajstić information content (AvgIpc) is 2.55. The molecular formula is C19H29NS. The van der Waals surface area contributed by atoms with Crippen molar-refractivity contribution < 1.29 is 0 Å². The molecule has 0 radical (unpaired) electrons. The Balaban J connectivity index is 1.72. The van der Waals surface area contributed by atoms with Gasteiger partial charge in [-0.25, -0.2) is 0 Å². The van der Waals surface area contributed by atoms with Crippen molar-refractivity contribution in [2.24, 2.45) is 0 Å². The second-order valence-electron chi connectivity index (χ2n) is 6.60. The maximum Gasteiger partial charge on any atom is 0.0443 e. The van der Waals surface area contributed by atoms with Crippen molar-refractivity contribution in [3.63, 3.8) is 0 Å². The van der Waals surface area contributed by atoms with E-state index in [0.717, 1.165) is 17.0 Å². The van der Waals surface area contributed by atoms with Gasteiger partial charge in [0.15, 0.2) is 0 Å². The van der Waals surface area contributed by atoms with Crippen LogP contribution in [0.1, 0.15) is 69.0 Å². The highest BCUT2D eigenvalue weighted by molar-refractivity contribution is 8.00. The maximum absolute atomic E-state index is 3.85. The molecule has 1 N–H and O–H groups in total. The van der Waals surface area contributed by atoms with Crippen LogP contribution in [0.15, 0.2) is 24.3 Å². The Hall–Kier alpha value is -0.470. The summed E-state index contributed by atoms with van der Waals surface area (Å²) < 4.78 is 0. The van der Waals surface area contributed by atoms with Crippen molar-refractivity contribution >= 4 is 11.8 Å². The highest BCUT2D eigenvalue weighted by atomic mass is 32.2. The lowest BCUT2D eigenvalue weighted by molar-refractivity contribution is 0.464. The molecule has 1 aromatic carbocycles. The van der Waals surface area contributed by atoms with Crippen LogP contribution in [-0.4, -0.2) is 17.0 Å². The lowest BCUT2D eigenvalue weighted by Crippen LogP contribution is -2.36. The second-order valence-corrected chi connectivity index (χ2v) is 8.15. The van der Waals surface area contributed by atoms with Crippen LogP contribution in [0.25, 0.3) is 0 Å². The van der Waals surface area contributed by atoms with Gasteiger partial charge in [0.05, 0.1) is 0 Å². The fourth-order valence-electron chi connectivity index (χ4n) is 3.87. The standard InChI is InChI=1S/C19H29NS/c1-2-14-20-19-17-11-7-6-8-15(17)12-13-18(19)21-16-9-4-3-5-10-16/h6-8,11,16,18-20H,2-5,9-10,12-14H2,1H3. The summed E-state index contributed by atoms with van der Waals surface area (Å²) in [6, 6.07) is 9.67. The predicted octanol–water partition coefficient (Wildman–Crippen LogP) is 5.11. The molecule has 0 heterocycles. The molecule has 2 aliphatic rings. The van der Waals surface area contributed by atoms with Gasteiger partial charge in [0.25, 0.3) is 0 Å². The van der Waals surface area contributed by atoms with Crippen molar-refractivity contribution in [2.45, 2.75) is 74.8 Å². The third kappa shape index (κ3) is 3.84. The first-order valence-electron chi connectivity index (χ1n) is 8.85. The summed E-state index contributed by atoms with van der Waals surface area (Å²) in [4.78, 5) is 0. The number of benzene rings is 1. The Morgan fingerprint density at radius 1 is 1.10 bits per heavy atom. The molecule has 0 aromatic heterocycles. The van der Waals surface area contributed by atoms with E-state index in [1.54, 1.807) is 11.1 Å². The van der Waals surface area contributed by atoms with E-state index in [0.29, 0.717) is 6.04 Å². The number of rotatable bonds is 5. The third-order valence-electron chi connectivity index (χ3n) is 4.99. The Labute approximate surface area is 134 Å². The summed E-state index contributed by atoms with van der Waals surface area (Å²) in [5.41, 5.74) is 3.15. The number of hydrogen-bond acceptors (Lipinski definition) is 2.